The summed E-state index contributed by atoms with van der Waals surface area (Å²) in [4.78, 5) is 0. The summed E-state index contributed by atoms with van der Waals surface area (Å²) in [6.07, 6.45) is 6.69. The number of benzene rings is 1. The molecule has 0 spiro atoms. The maximum absolute atomic E-state index is 6.30. The molecule has 1 aliphatic carbocycles. The van der Waals surface area contributed by atoms with Crippen molar-refractivity contribution in [2.75, 3.05) is 13.1 Å². The Morgan fingerprint density at radius 3 is 2.76 bits per heavy atom. The molecule has 3 aliphatic rings. The van der Waals surface area contributed by atoms with Crippen LogP contribution in [0.3, 0.4) is 0 Å². The third-order valence-corrected chi connectivity index (χ3v) is 4.99. The van der Waals surface area contributed by atoms with E-state index in [1.165, 1.54) is 44.3 Å². The van der Waals surface area contributed by atoms with Gasteiger partial charge in [0.1, 0.15) is 0 Å². The fourth-order valence-corrected chi connectivity index (χ4v) is 3.70. The predicted molar refractivity (Wildman–Crippen MR) is 72.4 cm³/mol. The second kappa shape index (κ2) is 4.62. The fourth-order valence-electron chi connectivity index (χ4n) is 3.50. The second-order valence-corrected chi connectivity index (χ2v) is 6.25. The van der Waals surface area contributed by atoms with Gasteiger partial charge in [-0.3, -0.25) is 0 Å². The SMILES string of the molecule is Clc1ccccc1CC12CCC(CC1)CNC2. The largest absolute Gasteiger partial charge is 0.316 e. The molecular formula is C15H20ClN. The lowest BCUT2D eigenvalue weighted by Gasteiger charge is -2.36. The maximum atomic E-state index is 6.30. The summed E-state index contributed by atoms with van der Waals surface area (Å²) in [5.74, 6) is 0.928. The molecule has 92 valence electrons. The first-order valence-corrected chi connectivity index (χ1v) is 7.09. The van der Waals surface area contributed by atoms with Gasteiger partial charge in [-0.15, -0.1) is 0 Å². The molecule has 2 heteroatoms. The summed E-state index contributed by atoms with van der Waals surface area (Å²) in [5, 5.41) is 4.58. The van der Waals surface area contributed by atoms with Gasteiger partial charge in [-0.25, -0.2) is 0 Å². The molecule has 0 amide bonds. The molecule has 2 heterocycles. The van der Waals surface area contributed by atoms with Crippen molar-refractivity contribution in [1.29, 1.82) is 0 Å². The van der Waals surface area contributed by atoms with E-state index in [4.69, 9.17) is 11.6 Å². The first-order chi connectivity index (χ1) is 8.27. The highest BCUT2D eigenvalue weighted by molar-refractivity contribution is 6.31. The smallest absolute Gasteiger partial charge is 0.0438 e. The van der Waals surface area contributed by atoms with Crippen molar-refractivity contribution in [3.05, 3.63) is 34.9 Å². The minimum Gasteiger partial charge on any atom is -0.316 e. The molecular weight excluding hydrogens is 230 g/mol. The molecule has 0 unspecified atom stereocenters. The van der Waals surface area contributed by atoms with Crippen LogP contribution in [-0.2, 0) is 6.42 Å². The van der Waals surface area contributed by atoms with Crippen molar-refractivity contribution in [3.8, 4) is 0 Å². The Labute approximate surface area is 109 Å². The highest BCUT2D eigenvalue weighted by Crippen LogP contribution is 2.43. The van der Waals surface area contributed by atoms with Gasteiger partial charge in [0.25, 0.3) is 0 Å². The van der Waals surface area contributed by atoms with Gasteiger partial charge in [0.15, 0.2) is 0 Å². The molecule has 17 heavy (non-hydrogen) atoms. The topological polar surface area (TPSA) is 12.0 Å². The van der Waals surface area contributed by atoms with Crippen LogP contribution in [0, 0.1) is 11.3 Å². The lowest BCUT2D eigenvalue weighted by Crippen LogP contribution is -2.33. The van der Waals surface area contributed by atoms with Crippen LogP contribution in [0.4, 0.5) is 0 Å². The van der Waals surface area contributed by atoms with E-state index in [0.29, 0.717) is 5.41 Å². The number of hydrogen-bond acceptors (Lipinski definition) is 1. The minimum absolute atomic E-state index is 0.470. The molecule has 0 atom stereocenters. The first-order valence-electron chi connectivity index (χ1n) is 6.72. The summed E-state index contributed by atoms with van der Waals surface area (Å²) in [7, 11) is 0. The van der Waals surface area contributed by atoms with E-state index < -0.39 is 0 Å². The summed E-state index contributed by atoms with van der Waals surface area (Å²) in [6.45, 7) is 2.40. The average molecular weight is 250 g/mol. The molecule has 2 aliphatic heterocycles. The maximum Gasteiger partial charge on any atom is 0.0438 e. The molecule has 1 aromatic rings. The van der Waals surface area contributed by atoms with Crippen LogP contribution in [-0.4, -0.2) is 13.1 Å². The average Bonchev–Trinajstić information content (AvgIpc) is 2.66. The minimum atomic E-state index is 0.470. The molecule has 4 rings (SSSR count). The zero-order chi connectivity index (χ0) is 11.7. The van der Waals surface area contributed by atoms with Gasteiger partial charge in [0.2, 0.25) is 0 Å². The van der Waals surface area contributed by atoms with Crippen LogP contribution in [0.25, 0.3) is 0 Å². The van der Waals surface area contributed by atoms with E-state index >= 15 is 0 Å². The molecule has 1 saturated carbocycles. The summed E-state index contributed by atoms with van der Waals surface area (Å²) >= 11 is 6.30. The third-order valence-electron chi connectivity index (χ3n) is 4.62. The normalized spacial score (nSPS) is 32.4. The Morgan fingerprint density at radius 2 is 2.00 bits per heavy atom. The fraction of sp³-hybridized carbons (Fsp3) is 0.600. The number of rotatable bonds is 2. The Hall–Kier alpha value is -0.530. The van der Waals surface area contributed by atoms with E-state index in [-0.39, 0.29) is 0 Å². The van der Waals surface area contributed by atoms with Crippen molar-refractivity contribution < 1.29 is 0 Å². The van der Waals surface area contributed by atoms with Crippen molar-refractivity contribution in [1.82, 2.24) is 5.32 Å². The molecule has 2 bridgehead atoms. The lowest BCUT2D eigenvalue weighted by atomic mass is 9.69. The van der Waals surface area contributed by atoms with Crippen LogP contribution in [0.15, 0.2) is 24.3 Å². The molecule has 1 N–H and O–H groups in total. The van der Waals surface area contributed by atoms with E-state index in [2.05, 4.69) is 17.4 Å². The zero-order valence-electron chi connectivity index (χ0n) is 10.2. The van der Waals surface area contributed by atoms with Gasteiger partial charge in [0, 0.05) is 11.6 Å². The molecule has 3 fully saturated rings. The summed E-state index contributed by atoms with van der Waals surface area (Å²) in [6, 6.07) is 8.33. The van der Waals surface area contributed by atoms with Gasteiger partial charge in [0.05, 0.1) is 0 Å². The van der Waals surface area contributed by atoms with Crippen LogP contribution >= 0.6 is 11.6 Å². The molecule has 0 aromatic heterocycles. The lowest BCUT2D eigenvalue weighted by molar-refractivity contribution is 0.186. The molecule has 2 saturated heterocycles. The van der Waals surface area contributed by atoms with E-state index in [1.54, 1.807) is 0 Å². The Morgan fingerprint density at radius 1 is 1.24 bits per heavy atom. The summed E-state index contributed by atoms with van der Waals surface area (Å²) in [5.41, 5.74) is 1.80. The van der Waals surface area contributed by atoms with Gasteiger partial charge < -0.3 is 5.32 Å². The number of hydrogen-bond donors (Lipinski definition) is 1. The van der Waals surface area contributed by atoms with Crippen LogP contribution in [0.5, 0.6) is 0 Å². The van der Waals surface area contributed by atoms with E-state index in [9.17, 15) is 0 Å². The first kappa shape index (κ1) is 11.6. The van der Waals surface area contributed by atoms with Crippen molar-refractivity contribution >= 4 is 11.6 Å². The van der Waals surface area contributed by atoms with Crippen molar-refractivity contribution in [3.63, 3.8) is 0 Å². The van der Waals surface area contributed by atoms with Crippen LogP contribution in [0.1, 0.15) is 31.2 Å². The number of nitrogens with one attached hydrogen (secondary N) is 1. The monoisotopic (exact) mass is 249 g/mol. The number of halogens is 1. The summed E-state index contributed by atoms with van der Waals surface area (Å²) < 4.78 is 0. The molecule has 1 nitrogen and oxygen atoms in total. The Balaban J connectivity index is 1.82. The zero-order valence-corrected chi connectivity index (χ0v) is 11.0. The van der Waals surface area contributed by atoms with Gasteiger partial charge in [-0.05, 0) is 61.6 Å². The highest BCUT2D eigenvalue weighted by Gasteiger charge is 2.38. The Bertz CT molecular complexity index is 388. The van der Waals surface area contributed by atoms with Crippen molar-refractivity contribution in [2.45, 2.75) is 32.1 Å². The van der Waals surface area contributed by atoms with Gasteiger partial charge >= 0.3 is 0 Å². The van der Waals surface area contributed by atoms with Crippen molar-refractivity contribution in [2.24, 2.45) is 11.3 Å². The molecule has 1 aromatic carbocycles. The number of fused-ring (bicyclic) bond motifs is 4. The third kappa shape index (κ3) is 2.36. The van der Waals surface area contributed by atoms with Crippen LogP contribution in [0.2, 0.25) is 5.02 Å². The van der Waals surface area contributed by atoms with E-state index in [1.807, 2.05) is 12.1 Å². The second-order valence-electron chi connectivity index (χ2n) is 5.84. The van der Waals surface area contributed by atoms with Gasteiger partial charge in [-0.1, -0.05) is 29.8 Å². The van der Waals surface area contributed by atoms with Gasteiger partial charge in [-0.2, -0.15) is 0 Å². The standard InChI is InChI=1S/C15H20ClN/c16-14-4-2-1-3-13(14)9-15-7-5-12(6-8-15)10-17-11-15/h1-4,12,17H,5-11H2. The van der Waals surface area contributed by atoms with E-state index in [0.717, 1.165) is 17.4 Å². The van der Waals surface area contributed by atoms with Crippen LogP contribution < -0.4 is 5.32 Å². The highest BCUT2D eigenvalue weighted by atomic mass is 35.5. The molecule has 0 radical (unpaired) electrons. The quantitative estimate of drug-likeness (QED) is 0.844. The Kier molecular flexibility index (Phi) is 3.14. The predicted octanol–water partition coefficient (Wildman–Crippen LogP) is 3.66.